The molecule has 1 atom stereocenters. The number of likely N-dealkylation sites (tertiary alicyclic amines) is 1. The van der Waals surface area contributed by atoms with Crippen molar-refractivity contribution in [3.63, 3.8) is 0 Å². The summed E-state index contributed by atoms with van der Waals surface area (Å²) in [6.45, 7) is 7.17. The van der Waals surface area contributed by atoms with E-state index in [-0.39, 0.29) is 30.4 Å². The van der Waals surface area contributed by atoms with Crippen molar-refractivity contribution in [2.75, 3.05) is 26.7 Å². The number of hydrogen-bond acceptors (Lipinski definition) is 4. The molecular formula is C26H34ClFN2O3. The van der Waals surface area contributed by atoms with Gasteiger partial charge in [-0.25, -0.2) is 9.18 Å². The number of piperidine rings is 1. The third kappa shape index (κ3) is 5.98. The van der Waals surface area contributed by atoms with Crippen molar-refractivity contribution >= 4 is 18.5 Å². The summed E-state index contributed by atoms with van der Waals surface area (Å²) in [5.74, 6) is 1.05. The summed E-state index contributed by atoms with van der Waals surface area (Å²) in [5.41, 5.74) is 1.54. The van der Waals surface area contributed by atoms with Gasteiger partial charge in [0.25, 0.3) is 0 Å². The van der Waals surface area contributed by atoms with E-state index in [9.17, 15) is 9.18 Å². The maximum atomic E-state index is 13.4. The number of benzene rings is 2. The lowest BCUT2D eigenvalue weighted by molar-refractivity contribution is -0.0165. The van der Waals surface area contributed by atoms with Gasteiger partial charge in [-0.2, -0.15) is 0 Å². The maximum Gasteiger partial charge on any atom is 0.411 e. The molecule has 2 aromatic rings. The number of amides is 1. The molecule has 0 unspecified atom stereocenters. The lowest BCUT2D eigenvalue weighted by Gasteiger charge is -2.40. The van der Waals surface area contributed by atoms with E-state index in [1.165, 1.54) is 12.1 Å². The fourth-order valence-corrected chi connectivity index (χ4v) is 4.61. The molecule has 1 amide bonds. The van der Waals surface area contributed by atoms with Gasteiger partial charge in [0.05, 0.1) is 12.6 Å². The molecule has 180 valence electrons. The van der Waals surface area contributed by atoms with Gasteiger partial charge in [0, 0.05) is 32.5 Å². The lowest BCUT2D eigenvalue weighted by Crippen LogP contribution is -2.52. The summed E-state index contributed by atoms with van der Waals surface area (Å²) in [5, 5.41) is 0. The molecule has 0 saturated carbocycles. The Bertz CT molecular complexity index is 912. The first-order chi connectivity index (χ1) is 15.3. The average Bonchev–Trinajstić information content (AvgIpc) is 3.02. The van der Waals surface area contributed by atoms with Crippen molar-refractivity contribution in [1.82, 2.24) is 9.80 Å². The Morgan fingerprint density at radius 1 is 1.06 bits per heavy atom. The zero-order valence-electron chi connectivity index (χ0n) is 19.6. The highest BCUT2D eigenvalue weighted by molar-refractivity contribution is 5.85. The van der Waals surface area contributed by atoms with Gasteiger partial charge < -0.3 is 14.4 Å². The number of hydrogen-bond donors (Lipinski definition) is 0. The van der Waals surface area contributed by atoms with E-state index < -0.39 is 5.60 Å². The molecule has 5 nitrogen and oxygen atoms in total. The fourth-order valence-electron chi connectivity index (χ4n) is 4.61. The van der Waals surface area contributed by atoms with E-state index in [0.717, 1.165) is 42.8 Å². The van der Waals surface area contributed by atoms with Crippen molar-refractivity contribution < 1.29 is 18.7 Å². The number of nitrogens with zero attached hydrogens (tertiary/aromatic N) is 2. The maximum absolute atomic E-state index is 13.4. The molecule has 2 fully saturated rings. The predicted octanol–water partition coefficient (Wildman–Crippen LogP) is 5.31. The molecule has 2 saturated heterocycles. The van der Waals surface area contributed by atoms with E-state index >= 15 is 0 Å². The highest BCUT2D eigenvalue weighted by Gasteiger charge is 2.54. The number of carbonyl (C=O) groups is 1. The summed E-state index contributed by atoms with van der Waals surface area (Å²) in [6, 6.07) is 14.4. The Labute approximate surface area is 202 Å². The molecule has 0 aromatic heterocycles. The topological polar surface area (TPSA) is 42.0 Å². The number of carbonyl (C=O) groups excluding carboxylic acids is 1. The molecule has 4 rings (SSSR count). The lowest BCUT2D eigenvalue weighted by atomic mass is 9.81. The van der Waals surface area contributed by atoms with Crippen molar-refractivity contribution in [1.29, 1.82) is 0 Å². The highest BCUT2D eigenvalue weighted by Crippen LogP contribution is 2.40. The minimum absolute atomic E-state index is 0. The second-order valence-corrected chi connectivity index (χ2v) is 9.56. The molecule has 2 aromatic carbocycles. The van der Waals surface area contributed by atoms with Gasteiger partial charge in [-0.05, 0) is 54.8 Å². The van der Waals surface area contributed by atoms with E-state index in [4.69, 9.17) is 9.47 Å². The molecule has 0 radical (unpaired) electrons. The van der Waals surface area contributed by atoms with Crippen molar-refractivity contribution in [2.24, 2.45) is 5.92 Å². The van der Waals surface area contributed by atoms with E-state index in [1.807, 2.05) is 29.2 Å². The summed E-state index contributed by atoms with van der Waals surface area (Å²) in [6.07, 6.45) is 1.99. The first kappa shape index (κ1) is 25.3. The monoisotopic (exact) mass is 476 g/mol. The Kier molecular flexibility index (Phi) is 8.24. The molecular weight excluding hydrogens is 443 g/mol. The van der Waals surface area contributed by atoms with Crippen LogP contribution in [0.4, 0.5) is 9.18 Å². The van der Waals surface area contributed by atoms with E-state index in [0.29, 0.717) is 25.5 Å². The number of rotatable bonds is 7. The third-order valence-electron chi connectivity index (χ3n) is 6.54. The van der Waals surface area contributed by atoms with Gasteiger partial charge in [0.15, 0.2) is 0 Å². The molecule has 0 bridgehead atoms. The van der Waals surface area contributed by atoms with Crippen LogP contribution in [0.1, 0.15) is 37.8 Å². The first-order valence-electron chi connectivity index (χ1n) is 11.5. The van der Waals surface area contributed by atoms with Gasteiger partial charge in [-0.1, -0.05) is 38.1 Å². The molecule has 2 aliphatic heterocycles. The summed E-state index contributed by atoms with van der Waals surface area (Å²) in [4.78, 5) is 17.2. The largest absolute Gasteiger partial charge is 0.493 e. The average molecular weight is 477 g/mol. The minimum atomic E-state index is -0.502. The second-order valence-electron chi connectivity index (χ2n) is 9.56. The minimum Gasteiger partial charge on any atom is -0.493 e. The van der Waals surface area contributed by atoms with E-state index in [1.54, 1.807) is 12.1 Å². The molecule has 1 spiro atoms. The van der Waals surface area contributed by atoms with E-state index in [2.05, 4.69) is 25.8 Å². The highest BCUT2D eigenvalue weighted by atomic mass is 35.5. The van der Waals surface area contributed by atoms with Crippen molar-refractivity contribution in [3.8, 4) is 5.75 Å². The smallest absolute Gasteiger partial charge is 0.411 e. The standard InChI is InChI=1S/C26H33FN2O3.ClH/c1-19(2)18-31-23-10-6-21(7-11-23)17-29-24(16-20-4-8-22(27)9-5-20)26(32-25(29)30)12-14-28(3)15-13-26;/h4-11,19,24H,12-18H2,1-3H3;1H/t24-;/m0./s1. The Hall–Kier alpha value is -2.31. The van der Waals surface area contributed by atoms with Gasteiger partial charge >= 0.3 is 6.09 Å². The van der Waals surface area contributed by atoms with Crippen LogP contribution in [0.25, 0.3) is 0 Å². The third-order valence-corrected chi connectivity index (χ3v) is 6.54. The van der Waals surface area contributed by atoms with Crippen molar-refractivity contribution in [2.45, 2.75) is 51.3 Å². The van der Waals surface area contributed by atoms with Crippen LogP contribution < -0.4 is 4.74 Å². The van der Waals surface area contributed by atoms with Gasteiger partial charge in [0.2, 0.25) is 0 Å². The quantitative estimate of drug-likeness (QED) is 0.543. The van der Waals surface area contributed by atoms with Crippen LogP contribution in [0.5, 0.6) is 5.75 Å². The summed E-state index contributed by atoms with van der Waals surface area (Å²) >= 11 is 0. The molecule has 2 aliphatic rings. The van der Waals surface area contributed by atoms with Crippen LogP contribution >= 0.6 is 12.4 Å². The number of ether oxygens (including phenoxy) is 2. The van der Waals surface area contributed by atoms with Crippen LogP contribution in [0.15, 0.2) is 48.5 Å². The first-order valence-corrected chi connectivity index (χ1v) is 11.5. The normalized spacial score (nSPS) is 20.1. The van der Waals surface area contributed by atoms with Crippen LogP contribution in [0.3, 0.4) is 0 Å². The Balaban J connectivity index is 0.00000306. The second kappa shape index (κ2) is 10.7. The summed E-state index contributed by atoms with van der Waals surface area (Å²) < 4.78 is 25.3. The zero-order chi connectivity index (χ0) is 22.7. The molecule has 0 N–H and O–H groups in total. The van der Waals surface area contributed by atoms with Crippen LogP contribution in [0.2, 0.25) is 0 Å². The van der Waals surface area contributed by atoms with Crippen LogP contribution in [-0.4, -0.2) is 54.3 Å². The molecule has 7 heteroatoms. The fraction of sp³-hybridized carbons (Fsp3) is 0.500. The SMILES string of the molecule is CC(C)COc1ccc(CN2C(=O)OC3(CCN(C)CC3)[C@@H]2Cc2ccc(F)cc2)cc1.Cl. The Morgan fingerprint density at radius 2 is 1.67 bits per heavy atom. The van der Waals surface area contributed by atoms with Gasteiger partial charge in [-0.3, -0.25) is 4.90 Å². The molecule has 2 heterocycles. The molecule has 33 heavy (non-hydrogen) atoms. The number of halogens is 2. The van der Waals surface area contributed by atoms with Crippen molar-refractivity contribution in [3.05, 3.63) is 65.5 Å². The Morgan fingerprint density at radius 3 is 2.27 bits per heavy atom. The predicted molar refractivity (Wildman–Crippen MR) is 129 cm³/mol. The van der Waals surface area contributed by atoms with Gasteiger partial charge in [-0.15, -0.1) is 12.4 Å². The van der Waals surface area contributed by atoms with Crippen LogP contribution in [-0.2, 0) is 17.7 Å². The molecule has 0 aliphatic carbocycles. The van der Waals surface area contributed by atoms with Crippen LogP contribution in [0, 0.1) is 11.7 Å². The zero-order valence-corrected chi connectivity index (χ0v) is 20.4. The van der Waals surface area contributed by atoms with Gasteiger partial charge in [0.1, 0.15) is 17.2 Å². The summed E-state index contributed by atoms with van der Waals surface area (Å²) in [7, 11) is 2.10.